The molecule has 1 heterocycles. The van der Waals surface area contributed by atoms with Gasteiger partial charge in [-0.05, 0) is 37.7 Å². The first kappa shape index (κ1) is 14.5. The highest BCUT2D eigenvalue weighted by atomic mass is 32.2. The molecule has 2 rings (SSSR count). The van der Waals surface area contributed by atoms with E-state index < -0.39 is 15.6 Å². The van der Waals surface area contributed by atoms with E-state index in [1.54, 1.807) is 7.05 Å². The number of aromatic nitrogens is 2. The zero-order valence-corrected chi connectivity index (χ0v) is 12.3. The van der Waals surface area contributed by atoms with Gasteiger partial charge in [0, 0.05) is 19.1 Å². The summed E-state index contributed by atoms with van der Waals surface area (Å²) in [5.74, 6) is 0.642. The summed E-state index contributed by atoms with van der Waals surface area (Å²) in [4.78, 5) is 0. The number of hydrogen-bond donors (Lipinski definition) is 2. The van der Waals surface area contributed by atoms with Crippen molar-refractivity contribution in [2.24, 2.45) is 11.7 Å². The summed E-state index contributed by atoms with van der Waals surface area (Å²) >= 11 is 0. The van der Waals surface area contributed by atoms with Crippen LogP contribution < -0.4 is 5.73 Å². The Labute approximate surface area is 114 Å². The van der Waals surface area contributed by atoms with E-state index in [0.717, 1.165) is 25.7 Å². The summed E-state index contributed by atoms with van der Waals surface area (Å²) in [6.45, 7) is 2.55. The number of nitrogens with two attached hydrogens (primary N) is 1. The zero-order valence-electron chi connectivity index (χ0n) is 11.5. The molecule has 0 bridgehead atoms. The summed E-state index contributed by atoms with van der Waals surface area (Å²) in [7, 11) is -1.92. The lowest BCUT2D eigenvalue weighted by atomic mass is 9.77. The van der Waals surface area contributed by atoms with Crippen LogP contribution in [0.2, 0.25) is 0 Å². The van der Waals surface area contributed by atoms with Crippen molar-refractivity contribution in [3.8, 4) is 0 Å². The molecule has 19 heavy (non-hydrogen) atoms. The first-order chi connectivity index (χ1) is 8.92. The van der Waals surface area contributed by atoms with Crippen molar-refractivity contribution in [3.05, 3.63) is 12.3 Å². The third-order valence-corrected chi connectivity index (χ3v) is 6.26. The Morgan fingerprint density at radius 2 is 2.16 bits per heavy atom. The summed E-state index contributed by atoms with van der Waals surface area (Å²) in [5, 5.41) is 6.37. The zero-order chi connectivity index (χ0) is 14.1. The van der Waals surface area contributed by atoms with Crippen LogP contribution >= 0.6 is 0 Å². The lowest BCUT2D eigenvalue weighted by Gasteiger charge is -2.44. The number of hydrogen-bond acceptors (Lipinski definition) is 4. The van der Waals surface area contributed by atoms with E-state index in [2.05, 4.69) is 17.1 Å². The number of likely N-dealkylation sites (N-methyl/N-ethyl adjacent to an activating group) is 1. The molecule has 0 radical (unpaired) electrons. The first-order valence-corrected chi connectivity index (χ1v) is 8.05. The molecule has 0 unspecified atom stereocenters. The summed E-state index contributed by atoms with van der Waals surface area (Å²) in [6, 6.07) is 1.47. The molecule has 1 aromatic rings. The maximum atomic E-state index is 12.5. The Morgan fingerprint density at radius 3 is 2.63 bits per heavy atom. The van der Waals surface area contributed by atoms with Gasteiger partial charge in [-0.15, -0.1) is 0 Å². The molecule has 1 aromatic heterocycles. The predicted octanol–water partition coefficient (Wildman–Crippen LogP) is 0.938. The fraction of sp³-hybridized carbons (Fsp3) is 0.750. The minimum atomic E-state index is -3.55. The van der Waals surface area contributed by atoms with Gasteiger partial charge in [0.25, 0.3) is 10.0 Å². The van der Waals surface area contributed by atoms with Gasteiger partial charge in [0.1, 0.15) is 0 Å². The van der Waals surface area contributed by atoms with E-state index in [-0.39, 0.29) is 5.03 Å². The van der Waals surface area contributed by atoms with Crippen molar-refractivity contribution in [2.75, 3.05) is 13.6 Å². The molecule has 0 aliphatic heterocycles. The third-order valence-electron chi connectivity index (χ3n) is 4.37. The molecule has 108 valence electrons. The number of rotatable bonds is 4. The fourth-order valence-electron chi connectivity index (χ4n) is 2.74. The van der Waals surface area contributed by atoms with Gasteiger partial charge in [0.15, 0.2) is 5.03 Å². The van der Waals surface area contributed by atoms with E-state index in [1.165, 1.54) is 16.6 Å². The fourth-order valence-corrected chi connectivity index (χ4v) is 4.20. The molecule has 7 heteroatoms. The predicted molar refractivity (Wildman–Crippen MR) is 73.0 cm³/mol. The molecule has 0 saturated heterocycles. The Morgan fingerprint density at radius 1 is 1.53 bits per heavy atom. The molecule has 0 aromatic carbocycles. The average molecular weight is 286 g/mol. The smallest absolute Gasteiger partial charge is 0.260 e. The van der Waals surface area contributed by atoms with Crippen molar-refractivity contribution < 1.29 is 8.42 Å². The Balaban J connectivity index is 2.29. The quantitative estimate of drug-likeness (QED) is 0.861. The van der Waals surface area contributed by atoms with Crippen molar-refractivity contribution in [1.29, 1.82) is 0 Å². The van der Waals surface area contributed by atoms with E-state index in [9.17, 15) is 8.42 Å². The second-order valence-electron chi connectivity index (χ2n) is 5.50. The van der Waals surface area contributed by atoms with Crippen LogP contribution in [0.15, 0.2) is 17.3 Å². The van der Waals surface area contributed by atoms with Gasteiger partial charge in [-0.3, -0.25) is 5.10 Å². The standard InChI is InChI=1S/C12H22N4O2S/c1-10-3-6-12(9-13,7-4-10)16(2)19(17,18)11-5-8-14-15-11/h5,8,10H,3-4,6-7,9,13H2,1-2H3,(H,14,15). The second-order valence-corrected chi connectivity index (χ2v) is 7.44. The highest BCUT2D eigenvalue weighted by Gasteiger charge is 2.43. The van der Waals surface area contributed by atoms with Gasteiger partial charge in [-0.25, -0.2) is 8.42 Å². The van der Waals surface area contributed by atoms with Crippen LogP contribution in [0.5, 0.6) is 0 Å². The minimum Gasteiger partial charge on any atom is -0.329 e. The van der Waals surface area contributed by atoms with Crippen LogP contribution in [0.4, 0.5) is 0 Å². The first-order valence-electron chi connectivity index (χ1n) is 6.61. The lowest BCUT2D eigenvalue weighted by Crippen LogP contribution is -2.56. The normalized spacial score (nSPS) is 28.7. The molecule has 1 aliphatic carbocycles. The molecule has 1 saturated carbocycles. The van der Waals surface area contributed by atoms with Crippen LogP contribution in [0.3, 0.4) is 0 Å². The highest BCUT2D eigenvalue weighted by molar-refractivity contribution is 7.89. The van der Waals surface area contributed by atoms with Gasteiger partial charge >= 0.3 is 0 Å². The summed E-state index contributed by atoms with van der Waals surface area (Å²) in [5.41, 5.74) is 5.44. The maximum absolute atomic E-state index is 12.5. The van der Waals surface area contributed by atoms with E-state index in [1.807, 2.05) is 0 Å². The number of aromatic amines is 1. The Bertz CT molecular complexity index is 504. The topological polar surface area (TPSA) is 92.1 Å². The minimum absolute atomic E-state index is 0.126. The van der Waals surface area contributed by atoms with Gasteiger partial charge in [-0.2, -0.15) is 9.40 Å². The van der Waals surface area contributed by atoms with Crippen LogP contribution in [-0.4, -0.2) is 42.1 Å². The Hall–Kier alpha value is -0.920. The summed E-state index contributed by atoms with van der Waals surface area (Å²) in [6.07, 6.45) is 5.10. The third kappa shape index (κ3) is 2.54. The highest BCUT2D eigenvalue weighted by Crippen LogP contribution is 2.37. The van der Waals surface area contributed by atoms with Gasteiger partial charge in [0.05, 0.1) is 6.20 Å². The molecular formula is C12H22N4O2S. The van der Waals surface area contributed by atoms with E-state index in [0.29, 0.717) is 12.5 Å². The Kier molecular flexibility index (Phi) is 3.98. The molecule has 0 spiro atoms. The van der Waals surface area contributed by atoms with Gasteiger partial charge < -0.3 is 5.73 Å². The lowest BCUT2D eigenvalue weighted by molar-refractivity contribution is 0.135. The molecule has 0 amide bonds. The molecule has 0 atom stereocenters. The molecule has 6 nitrogen and oxygen atoms in total. The number of H-pyrrole nitrogens is 1. The molecule has 1 aliphatic rings. The van der Waals surface area contributed by atoms with Crippen LogP contribution in [0.25, 0.3) is 0 Å². The maximum Gasteiger partial charge on any atom is 0.260 e. The summed E-state index contributed by atoms with van der Waals surface area (Å²) < 4.78 is 26.5. The number of sulfonamides is 1. The van der Waals surface area contributed by atoms with Crippen molar-refractivity contribution in [2.45, 2.75) is 43.2 Å². The van der Waals surface area contributed by atoms with Gasteiger partial charge in [0.2, 0.25) is 0 Å². The average Bonchev–Trinajstić information content (AvgIpc) is 2.94. The molecular weight excluding hydrogens is 264 g/mol. The molecule has 3 N–H and O–H groups in total. The van der Waals surface area contributed by atoms with Crippen molar-refractivity contribution in [3.63, 3.8) is 0 Å². The second kappa shape index (κ2) is 5.22. The van der Waals surface area contributed by atoms with Gasteiger partial charge in [-0.1, -0.05) is 6.92 Å². The van der Waals surface area contributed by atoms with E-state index >= 15 is 0 Å². The number of nitrogens with zero attached hydrogens (tertiary/aromatic N) is 2. The van der Waals surface area contributed by atoms with Crippen LogP contribution in [-0.2, 0) is 10.0 Å². The largest absolute Gasteiger partial charge is 0.329 e. The molecule has 1 fully saturated rings. The monoisotopic (exact) mass is 286 g/mol. The van der Waals surface area contributed by atoms with Crippen molar-refractivity contribution in [1.82, 2.24) is 14.5 Å². The van der Waals surface area contributed by atoms with E-state index in [4.69, 9.17) is 5.73 Å². The van der Waals surface area contributed by atoms with Crippen LogP contribution in [0.1, 0.15) is 32.6 Å². The number of nitrogens with one attached hydrogen (secondary N) is 1. The van der Waals surface area contributed by atoms with Crippen LogP contribution in [0, 0.1) is 5.92 Å². The van der Waals surface area contributed by atoms with Crippen molar-refractivity contribution >= 4 is 10.0 Å². The SMILES string of the molecule is CC1CCC(CN)(N(C)S(=O)(=O)c2ccn[nH]2)CC1.